The third-order valence-corrected chi connectivity index (χ3v) is 3.90. The molecule has 20 heavy (non-hydrogen) atoms. The van der Waals surface area contributed by atoms with E-state index in [0.717, 1.165) is 34.7 Å². The summed E-state index contributed by atoms with van der Waals surface area (Å²) in [4.78, 5) is 15.9. The molecule has 0 bridgehead atoms. The molecule has 3 heterocycles. The first-order valence-corrected chi connectivity index (χ1v) is 7.53. The van der Waals surface area contributed by atoms with Gasteiger partial charge in [0, 0.05) is 17.6 Å². The minimum Gasteiger partial charge on any atom is -0.369 e. The van der Waals surface area contributed by atoms with Crippen LogP contribution in [0.3, 0.4) is 0 Å². The van der Waals surface area contributed by atoms with Gasteiger partial charge in [0.25, 0.3) is 0 Å². The highest BCUT2D eigenvalue weighted by molar-refractivity contribution is 7.18. The molecule has 0 aliphatic carbocycles. The number of nitrogens with zero attached hydrogens (tertiary/aromatic N) is 3. The van der Waals surface area contributed by atoms with Gasteiger partial charge in [0.2, 0.25) is 0 Å². The lowest BCUT2D eigenvalue weighted by Gasteiger charge is -2.07. The molecule has 0 aliphatic heterocycles. The minimum atomic E-state index is 0.679. The number of rotatable bonds is 4. The van der Waals surface area contributed by atoms with Crippen molar-refractivity contribution in [2.45, 2.75) is 20.3 Å². The smallest absolute Gasteiger partial charge is 0.181 e. The van der Waals surface area contributed by atoms with Gasteiger partial charge in [-0.15, -0.1) is 11.3 Å². The van der Waals surface area contributed by atoms with E-state index in [-0.39, 0.29) is 0 Å². The molecular weight excluding hydrogens is 268 g/mol. The molecule has 3 rings (SSSR count). The summed E-state index contributed by atoms with van der Waals surface area (Å²) in [5, 5.41) is 4.49. The third-order valence-electron chi connectivity index (χ3n) is 2.95. The number of nitrogens with one attached hydrogen (secondary N) is 1. The molecule has 3 aromatic heterocycles. The molecule has 0 saturated heterocycles. The molecule has 0 aromatic carbocycles. The lowest BCUT2D eigenvalue weighted by molar-refractivity contribution is 0.970. The van der Waals surface area contributed by atoms with E-state index in [2.05, 4.69) is 40.2 Å². The van der Waals surface area contributed by atoms with Gasteiger partial charge in [0.05, 0.1) is 5.39 Å². The summed E-state index contributed by atoms with van der Waals surface area (Å²) >= 11 is 1.69. The van der Waals surface area contributed by atoms with E-state index in [0.29, 0.717) is 5.82 Å². The summed E-state index contributed by atoms with van der Waals surface area (Å²) in [7, 11) is 0. The van der Waals surface area contributed by atoms with Crippen molar-refractivity contribution >= 4 is 27.4 Å². The highest BCUT2D eigenvalue weighted by Gasteiger charge is 2.12. The fourth-order valence-corrected chi connectivity index (χ4v) is 2.91. The molecule has 0 atom stereocenters. The molecular formula is C15H16N4S. The Hall–Kier alpha value is -2.01. The Morgan fingerprint density at radius 3 is 2.90 bits per heavy atom. The summed E-state index contributed by atoms with van der Waals surface area (Å²) in [6.07, 6.45) is 2.83. The zero-order chi connectivity index (χ0) is 13.9. The van der Waals surface area contributed by atoms with E-state index in [1.807, 2.05) is 18.2 Å². The second kappa shape index (κ2) is 5.54. The number of fused-ring (bicyclic) bond motifs is 1. The van der Waals surface area contributed by atoms with Crippen molar-refractivity contribution in [1.82, 2.24) is 15.0 Å². The highest BCUT2D eigenvalue weighted by atomic mass is 32.1. The fourth-order valence-electron chi connectivity index (χ4n) is 2.03. The largest absolute Gasteiger partial charge is 0.369 e. The maximum absolute atomic E-state index is 4.64. The van der Waals surface area contributed by atoms with Crippen LogP contribution >= 0.6 is 11.3 Å². The average molecular weight is 284 g/mol. The van der Waals surface area contributed by atoms with Crippen molar-refractivity contribution in [2.75, 3.05) is 11.9 Å². The number of pyridine rings is 1. The predicted octanol–water partition coefficient (Wildman–Crippen LogP) is 3.88. The molecule has 3 aromatic rings. The SMILES string of the molecule is CCCNc1nc(-c2ccccn2)nc2sc(C)cc12. The van der Waals surface area contributed by atoms with Gasteiger partial charge in [0.1, 0.15) is 16.3 Å². The van der Waals surface area contributed by atoms with Crippen LogP contribution < -0.4 is 5.32 Å². The van der Waals surface area contributed by atoms with Crippen molar-refractivity contribution < 1.29 is 0 Å². The topological polar surface area (TPSA) is 50.7 Å². The molecule has 0 amide bonds. The summed E-state index contributed by atoms with van der Waals surface area (Å²) < 4.78 is 0. The quantitative estimate of drug-likeness (QED) is 0.790. The molecule has 1 N–H and O–H groups in total. The third kappa shape index (κ3) is 2.49. The van der Waals surface area contributed by atoms with E-state index < -0.39 is 0 Å². The normalized spacial score (nSPS) is 10.9. The van der Waals surface area contributed by atoms with Gasteiger partial charge in [0.15, 0.2) is 5.82 Å². The van der Waals surface area contributed by atoms with E-state index >= 15 is 0 Å². The second-order valence-corrected chi connectivity index (χ2v) is 5.85. The van der Waals surface area contributed by atoms with E-state index in [1.54, 1.807) is 17.5 Å². The van der Waals surface area contributed by atoms with Crippen molar-refractivity contribution in [3.8, 4) is 11.5 Å². The number of anilines is 1. The average Bonchev–Trinajstić information content (AvgIpc) is 2.86. The maximum atomic E-state index is 4.64. The van der Waals surface area contributed by atoms with Gasteiger partial charge in [-0.2, -0.15) is 0 Å². The van der Waals surface area contributed by atoms with Crippen molar-refractivity contribution in [1.29, 1.82) is 0 Å². The molecule has 4 nitrogen and oxygen atoms in total. The second-order valence-electron chi connectivity index (χ2n) is 4.61. The van der Waals surface area contributed by atoms with Crippen LogP contribution in [0.15, 0.2) is 30.5 Å². The van der Waals surface area contributed by atoms with E-state index in [4.69, 9.17) is 0 Å². The van der Waals surface area contributed by atoms with Crippen LogP contribution in [0, 0.1) is 6.92 Å². The first-order valence-electron chi connectivity index (χ1n) is 6.71. The van der Waals surface area contributed by atoms with Crippen LogP contribution in [0.4, 0.5) is 5.82 Å². The monoisotopic (exact) mass is 284 g/mol. The molecule has 0 saturated carbocycles. The lowest BCUT2D eigenvalue weighted by atomic mass is 10.3. The van der Waals surface area contributed by atoms with Gasteiger partial charge < -0.3 is 5.32 Å². The van der Waals surface area contributed by atoms with Crippen molar-refractivity contribution in [3.05, 3.63) is 35.3 Å². The van der Waals surface area contributed by atoms with Crippen LogP contribution in [0.5, 0.6) is 0 Å². The molecule has 0 spiro atoms. The molecule has 102 valence electrons. The van der Waals surface area contributed by atoms with Crippen LogP contribution in [-0.2, 0) is 0 Å². The van der Waals surface area contributed by atoms with Crippen LogP contribution in [0.2, 0.25) is 0 Å². The zero-order valence-corrected chi connectivity index (χ0v) is 12.4. The number of hydrogen-bond donors (Lipinski definition) is 1. The number of aromatic nitrogens is 3. The maximum Gasteiger partial charge on any atom is 0.181 e. The molecule has 0 radical (unpaired) electrons. The Morgan fingerprint density at radius 1 is 1.25 bits per heavy atom. The zero-order valence-electron chi connectivity index (χ0n) is 11.6. The Bertz CT molecular complexity index is 721. The van der Waals surface area contributed by atoms with Crippen LogP contribution in [-0.4, -0.2) is 21.5 Å². The van der Waals surface area contributed by atoms with Gasteiger partial charge in [-0.25, -0.2) is 9.97 Å². The van der Waals surface area contributed by atoms with Crippen LogP contribution in [0.1, 0.15) is 18.2 Å². The summed E-state index contributed by atoms with van der Waals surface area (Å²) in [5.41, 5.74) is 0.806. The minimum absolute atomic E-state index is 0.679. The summed E-state index contributed by atoms with van der Waals surface area (Å²) in [6, 6.07) is 7.92. The molecule has 0 unspecified atom stereocenters. The van der Waals surface area contributed by atoms with Gasteiger partial charge in [-0.1, -0.05) is 13.0 Å². The van der Waals surface area contributed by atoms with E-state index in [9.17, 15) is 0 Å². The molecule has 0 fully saturated rings. The molecule has 5 heteroatoms. The Kier molecular flexibility index (Phi) is 3.60. The van der Waals surface area contributed by atoms with Crippen molar-refractivity contribution in [2.24, 2.45) is 0 Å². The first kappa shape index (κ1) is 13.0. The standard InChI is InChI=1S/C15H16N4S/c1-3-7-17-13-11-9-10(2)20-15(11)19-14(18-13)12-6-4-5-8-16-12/h4-6,8-9H,3,7H2,1-2H3,(H,17,18,19). The lowest BCUT2D eigenvalue weighted by Crippen LogP contribution is -2.04. The van der Waals surface area contributed by atoms with Gasteiger partial charge in [-0.05, 0) is 31.5 Å². The first-order chi connectivity index (χ1) is 9.78. The summed E-state index contributed by atoms with van der Waals surface area (Å²) in [6.45, 7) is 5.14. The molecule has 0 aliphatic rings. The van der Waals surface area contributed by atoms with Crippen LogP contribution in [0.25, 0.3) is 21.7 Å². The number of aryl methyl sites for hydroxylation is 1. The number of thiophene rings is 1. The Balaban J connectivity index is 2.14. The summed E-state index contributed by atoms with van der Waals surface area (Å²) in [5.74, 6) is 1.58. The van der Waals surface area contributed by atoms with Gasteiger partial charge >= 0.3 is 0 Å². The van der Waals surface area contributed by atoms with E-state index in [1.165, 1.54) is 4.88 Å². The highest BCUT2D eigenvalue weighted by Crippen LogP contribution is 2.30. The van der Waals surface area contributed by atoms with Gasteiger partial charge in [-0.3, -0.25) is 4.98 Å². The fraction of sp³-hybridized carbons (Fsp3) is 0.267. The Morgan fingerprint density at radius 2 is 2.15 bits per heavy atom. The Labute approximate surface area is 121 Å². The predicted molar refractivity (Wildman–Crippen MR) is 84.2 cm³/mol. The number of hydrogen-bond acceptors (Lipinski definition) is 5. The van der Waals surface area contributed by atoms with Crippen molar-refractivity contribution in [3.63, 3.8) is 0 Å².